The molecule has 0 aromatic heterocycles. The number of nitrogens with zero attached hydrogens (tertiary/aromatic N) is 2. The molecule has 1 rings (SSSR count). The number of hydrogen-bond donors (Lipinski definition) is 3. The molecule has 1 aromatic rings. The second kappa shape index (κ2) is 20.6. The Morgan fingerprint density at radius 3 is 2.12 bits per heavy atom. The van der Waals surface area contributed by atoms with Gasteiger partial charge in [0.15, 0.2) is 0 Å². The van der Waals surface area contributed by atoms with Gasteiger partial charge in [0.2, 0.25) is 11.8 Å². The molecule has 0 aliphatic heterocycles. The van der Waals surface area contributed by atoms with Crippen LogP contribution < -0.4 is 20.7 Å². The maximum atomic E-state index is 13.1. The second-order valence-electron chi connectivity index (χ2n) is 14.7. The van der Waals surface area contributed by atoms with Crippen LogP contribution in [0.2, 0.25) is 0 Å². The number of amides is 4. The lowest BCUT2D eigenvalue weighted by atomic mass is 9.85. The first-order chi connectivity index (χ1) is 22.7. The lowest BCUT2D eigenvalue weighted by Gasteiger charge is -2.26. The molecule has 0 unspecified atom stereocenters. The summed E-state index contributed by atoms with van der Waals surface area (Å²) >= 11 is 0. The molecule has 0 aliphatic carbocycles. The molecule has 0 saturated heterocycles. The van der Waals surface area contributed by atoms with Crippen molar-refractivity contribution in [1.29, 1.82) is 0 Å². The third-order valence-electron chi connectivity index (χ3n) is 7.29. The van der Waals surface area contributed by atoms with Crippen molar-refractivity contribution in [2.75, 3.05) is 47.3 Å². The summed E-state index contributed by atoms with van der Waals surface area (Å²) in [6.07, 6.45) is 0.569. The van der Waals surface area contributed by atoms with Gasteiger partial charge >= 0.3 is 18.2 Å². The fraction of sp³-hybridized carbons (Fsp3) is 0.694. The molecular formula is C36H61N5O8. The number of likely N-dealkylation sites (N-methyl/N-ethyl adjacent to an activating group) is 1. The van der Waals surface area contributed by atoms with Crippen LogP contribution in [0.5, 0.6) is 5.75 Å². The fourth-order valence-electron chi connectivity index (χ4n) is 5.22. The zero-order chi connectivity index (χ0) is 37.4. The highest BCUT2D eigenvalue weighted by Gasteiger charge is 2.25. The summed E-state index contributed by atoms with van der Waals surface area (Å²) in [5.41, 5.74) is -0.268. The van der Waals surface area contributed by atoms with Gasteiger partial charge in [-0.3, -0.25) is 14.4 Å². The van der Waals surface area contributed by atoms with E-state index in [1.807, 2.05) is 12.1 Å². The molecule has 49 heavy (non-hydrogen) atoms. The van der Waals surface area contributed by atoms with E-state index in [-0.39, 0.29) is 19.5 Å². The van der Waals surface area contributed by atoms with Gasteiger partial charge in [-0.25, -0.2) is 9.59 Å². The van der Waals surface area contributed by atoms with Gasteiger partial charge < -0.3 is 40.0 Å². The van der Waals surface area contributed by atoms with Crippen LogP contribution in [0.1, 0.15) is 99.0 Å². The van der Waals surface area contributed by atoms with Crippen LogP contribution >= 0.6 is 0 Å². The minimum absolute atomic E-state index is 0.100. The molecule has 3 atom stereocenters. The summed E-state index contributed by atoms with van der Waals surface area (Å²) < 4.78 is 16.1. The van der Waals surface area contributed by atoms with E-state index in [1.165, 1.54) is 4.90 Å². The Morgan fingerprint density at radius 1 is 0.878 bits per heavy atom. The highest BCUT2D eigenvalue weighted by atomic mass is 16.6. The number of ether oxygens (including phenoxy) is 3. The van der Waals surface area contributed by atoms with Gasteiger partial charge in [-0.05, 0) is 111 Å². The Kier molecular flexibility index (Phi) is 18.1. The van der Waals surface area contributed by atoms with Gasteiger partial charge in [0.25, 0.3) is 0 Å². The second-order valence-corrected chi connectivity index (χ2v) is 14.7. The summed E-state index contributed by atoms with van der Waals surface area (Å²) in [4.78, 5) is 66.3. The topological polar surface area (TPSA) is 156 Å². The highest BCUT2D eigenvalue weighted by Crippen LogP contribution is 2.30. The van der Waals surface area contributed by atoms with E-state index < -0.39 is 53.6 Å². The first kappa shape index (κ1) is 43.2. The number of benzene rings is 1. The minimum atomic E-state index is -0.946. The van der Waals surface area contributed by atoms with E-state index in [2.05, 4.69) is 54.9 Å². The Bertz CT molecular complexity index is 1220. The molecule has 0 aliphatic rings. The Balaban J connectivity index is 2.76. The van der Waals surface area contributed by atoms with Crippen molar-refractivity contribution in [3.63, 3.8) is 0 Å². The highest BCUT2D eigenvalue weighted by molar-refractivity contribution is 5.96. The zero-order valence-electron chi connectivity index (χ0n) is 31.6. The fourth-order valence-corrected chi connectivity index (χ4v) is 5.22. The summed E-state index contributed by atoms with van der Waals surface area (Å²) in [5.74, 6) is -0.646. The molecule has 13 heteroatoms. The van der Waals surface area contributed by atoms with Crippen LogP contribution in [0, 0.1) is 5.92 Å². The number of carbonyl (C=O) groups is 5. The zero-order valence-corrected chi connectivity index (χ0v) is 31.6. The first-order valence-corrected chi connectivity index (χ1v) is 17.1. The SMILES string of the molecule is CC[C@@H](c1cccc(OC(=O)N(C)CCNC(=O)[C@H](CCCCNC(=O)OC(C)(C)C)NC(=O)CC(=O)OC(C)(C)C)c1)[C@@H](C)CN(C)C. The molecule has 278 valence electrons. The van der Waals surface area contributed by atoms with E-state index in [9.17, 15) is 24.0 Å². The van der Waals surface area contributed by atoms with Crippen molar-refractivity contribution in [2.24, 2.45) is 5.92 Å². The molecule has 0 radical (unpaired) electrons. The van der Waals surface area contributed by atoms with Gasteiger partial charge in [0.1, 0.15) is 29.4 Å². The molecule has 1 aromatic carbocycles. The summed E-state index contributed by atoms with van der Waals surface area (Å²) in [7, 11) is 5.68. The van der Waals surface area contributed by atoms with Crippen molar-refractivity contribution in [3.05, 3.63) is 29.8 Å². The maximum Gasteiger partial charge on any atom is 0.415 e. The van der Waals surface area contributed by atoms with Crippen molar-refractivity contribution < 1.29 is 38.2 Å². The van der Waals surface area contributed by atoms with Crippen molar-refractivity contribution in [3.8, 4) is 5.75 Å². The average molecular weight is 692 g/mol. The smallest absolute Gasteiger partial charge is 0.415 e. The quantitative estimate of drug-likeness (QED) is 0.111. The average Bonchev–Trinajstić information content (AvgIpc) is 2.94. The van der Waals surface area contributed by atoms with Gasteiger partial charge in [0.05, 0.1) is 0 Å². The van der Waals surface area contributed by atoms with E-state index in [0.29, 0.717) is 37.0 Å². The maximum absolute atomic E-state index is 13.1. The van der Waals surface area contributed by atoms with Crippen LogP contribution in [0.4, 0.5) is 9.59 Å². The molecule has 3 N–H and O–H groups in total. The Morgan fingerprint density at radius 2 is 1.53 bits per heavy atom. The Labute approximate surface area is 293 Å². The summed E-state index contributed by atoms with van der Waals surface area (Å²) in [5, 5.41) is 8.05. The number of esters is 1. The monoisotopic (exact) mass is 691 g/mol. The number of hydrogen-bond acceptors (Lipinski definition) is 9. The number of rotatable bonds is 18. The summed E-state index contributed by atoms with van der Waals surface area (Å²) in [6, 6.07) is 6.64. The van der Waals surface area contributed by atoms with Crippen molar-refractivity contribution >= 4 is 30.0 Å². The predicted molar refractivity (Wildman–Crippen MR) is 189 cm³/mol. The van der Waals surface area contributed by atoms with Gasteiger partial charge in [-0.15, -0.1) is 0 Å². The molecule has 0 fully saturated rings. The number of carbonyl (C=O) groups excluding carboxylic acids is 5. The molecule has 0 heterocycles. The molecule has 4 amide bonds. The number of nitrogens with one attached hydrogen (secondary N) is 3. The third kappa shape index (κ3) is 19.0. The van der Waals surface area contributed by atoms with Crippen LogP contribution in [0.15, 0.2) is 24.3 Å². The van der Waals surface area contributed by atoms with Gasteiger partial charge in [-0.2, -0.15) is 0 Å². The lowest BCUT2D eigenvalue weighted by molar-refractivity contribution is -0.156. The molecule has 13 nitrogen and oxygen atoms in total. The number of unbranched alkanes of at least 4 members (excludes halogenated alkanes) is 1. The van der Waals surface area contributed by atoms with E-state index in [0.717, 1.165) is 18.5 Å². The van der Waals surface area contributed by atoms with Crippen LogP contribution in [-0.2, 0) is 23.9 Å². The standard InChI is InChI=1S/C36H61N5O8/c1-12-28(25(2)24-40(9)10)26-16-15-17-27(22-26)47-34(46)41(11)21-20-37-32(44)29(39-30(42)23-31(43)48-35(3,4)5)18-13-14-19-38-33(45)49-36(6,7)8/h15-17,22,25,28-29H,12-14,18-21,23-24H2,1-11H3,(H,37,44)(H,38,45)(H,39,42)/t25-,28+,29-/m0/s1. The van der Waals surface area contributed by atoms with Crippen molar-refractivity contribution in [1.82, 2.24) is 25.8 Å². The van der Waals surface area contributed by atoms with Crippen LogP contribution in [0.25, 0.3) is 0 Å². The third-order valence-corrected chi connectivity index (χ3v) is 7.29. The molecular weight excluding hydrogens is 630 g/mol. The van der Waals surface area contributed by atoms with Crippen LogP contribution in [-0.4, -0.2) is 104 Å². The van der Waals surface area contributed by atoms with Crippen molar-refractivity contribution in [2.45, 2.75) is 111 Å². The minimum Gasteiger partial charge on any atom is -0.460 e. The normalized spacial score (nSPS) is 13.5. The van der Waals surface area contributed by atoms with Crippen LogP contribution in [0.3, 0.4) is 0 Å². The molecule has 0 bridgehead atoms. The van der Waals surface area contributed by atoms with E-state index in [1.54, 1.807) is 54.7 Å². The van der Waals surface area contributed by atoms with Gasteiger partial charge in [0, 0.05) is 33.2 Å². The molecule has 0 spiro atoms. The Hall–Kier alpha value is -3.87. The molecule has 0 saturated carbocycles. The largest absolute Gasteiger partial charge is 0.460 e. The lowest BCUT2D eigenvalue weighted by Crippen LogP contribution is -2.49. The van der Waals surface area contributed by atoms with Gasteiger partial charge in [-0.1, -0.05) is 26.0 Å². The summed E-state index contributed by atoms with van der Waals surface area (Å²) in [6.45, 7) is 16.3. The number of alkyl carbamates (subject to hydrolysis) is 1. The predicted octanol–water partition coefficient (Wildman–Crippen LogP) is 4.84. The first-order valence-electron chi connectivity index (χ1n) is 17.1. The van der Waals surface area contributed by atoms with E-state index >= 15 is 0 Å². The van der Waals surface area contributed by atoms with E-state index in [4.69, 9.17) is 14.2 Å².